The number of hydrogen-bond acceptors (Lipinski definition) is 5. The number of thiophene rings is 2. The summed E-state index contributed by atoms with van der Waals surface area (Å²) in [5.74, 6) is 0.484. The Morgan fingerprint density at radius 3 is 2.53 bits per heavy atom. The van der Waals surface area contributed by atoms with Gasteiger partial charge in [-0.3, -0.25) is 9.59 Å². The van der Waals surface area contributed by atoms with Crippen LogP contribution >= 0.6 is 22.7 Å². The Balaban J connectivity index is 1.68. The molecule has 32 heavy (non-hydrogen) atoms. The molecule has 168 valence electrons. The summed E-state index contributed by atoms with van der Waals surface area (Å²) >= 11 is 2.90. The predicted molar refractivity (Wildman–Crippen MR) is 129 cm³/mol. The first-order chi connectivity index (χ1) is 15.7. The molecule has 2 aromatic heterocycles. The monoisotopic (exact) mass is 468 g/mol. The normalized spacial score (nSPS) is 15.2. The zero-order valence-electron chi connectivity index (χ0n) is 18.2. The minimum atomic E-state index is -0.683. The molecule has 4 rings (SSSR count). The molecule has 0 saturated heterocycles. The van der Waals surface area contributed by atoms with Gasteiger partial charge in [0.25, 0.3) is 5.91 Å². The van der Waals surface area contributed by atoms with Gasteiger partial charge in [0.1, 0.15) is 11.8 Å². The van der Waals surface area contributed by atoms with Crippen molar-refractivity contribution in [3.05, 3.63) is 74.6 Å². The van der Waals surface area contributed by atoms with Crippen molar-refractivity contribution in [2.75, 3.05) is 7.11 Å². The highest BCUT2D eigenvalue weighted by atomic mass is 32.1. The molecule has 1 aromatic carbocycles. The van der Waals surface area contributed by atoms with Gasteiger partial charge < -0.3 is 15.0 Å². The van der Waals surface area contributed by atoms with Gasteiger partial charge >= 0.3 is 0 Å². The Morgan fingerprint density at radius 1 is 1.06 bits per heavy atom. The first kappa shape index (κ1) is 22.6. The van der Waals surface area contributed by atoms with Crippen LogP contribution < -0.4 is 10.1 Å². The number of carbonyl (C=O) groups is 2. The average Bonchev–Trinajstić information content (AvgIpc) is 3.54. The van der Waals surface area contributed by atoms with Crippen LogP contribution in [0.25, 0.3) is 0 Å². The summed E-state index contributed by atoms with van der Waals surface area (Å²) in [6.45, 7) is 0.314. The Hall–Kier alpha value is -2.64. The number of amides is 2. The molecule has 0 radical (unpaired) electrons. The highest BCUT2D eigenvalue weighted by Crippen LogP contribution is 2.31. The molecule has 1 unspecified atom stereocenters. The molecular formula is C25H28N2O3S2. The first-order valence-corrected chi connectivity index (χ1v) is 12.7. The lowest BCUT2D eigenvalue weighted by Crippen LogP contribution is -2.46. The van der Waals surface area contributed by atoms with Crippen LogP contribution in [-0.2, 0) is 11.3 Å². The smallest absolute Gasteiger partial charge is 0.265 e. The van der Waals surface area contributed by atoms with Crippen molar-refractivity contribution >= 4 is 34.5 Å². The van der Waals surface area contributed by atoms with E-state index in [9.17, 15) is 9.59 Å². The Bertz CT molecular complexity index is 1010. The van der Waals surface area contributed by atoms with Crippen LogP contribution in [0.5, 0.6) is 5.75 Å². The molecule has 2 amide bonds. The molecule has 0 bridgehead atoms. The lowest BCUT2D eigenvalue weighted by atomic mass is 9.95. The van der Waals surface area contributed by atoms with Gasteiger partial charge in [0.05, 0.1) is 12.0 Å². The van der Waals surface area contributed by atoms with Crippen LogP contribution in [0.3, 0.4) is 0 Å². The van der Waals surface area contributed by atoms with Crippen molar-refractivity contribution < 1.29 is 14.3 Å². The lowest BCUT2D eigenvalue weighted by molar-refractivity contribution is -0.127. The molecule has 1 fully saturated rings. The minimum Gasteiger partial charge on any atom is -0.497 e. The summed E-state index contributed by atoms with van der Waals surface area (Å²) in [6, 6.07) is 14.7. The van der Waals surface area contributed by atoms with E-state index in [2.05, 4.69) is 5.32 Å². The van der Waals surface area contributed by atoms with Gasteiger partial charge in [-0.05, 0) is 53.4 Å². The summed E-state index contributed by atoms with van der Waals surface area (Å²) in [5, 5.41) is 7.09. The van der Waals surface area contributed by atoms with Gasteiger partial charge in [-0.2, -0.15) is 0 Å². The van der Waals surface area contributed by atoms with Crippen molar-refractivity contribution in [1.82, 2.24) is 10.2 Å². The van der Waals surface area contributed by atoms with Crippen LogP contribution in [-0.4, -0.2) is 29.9 Å². The summed E-state index contributed by atoms with van der Waals surface area (Å²) in [6.07, 6.45) is 5.49. The van der Waals surface area contributed by atoms with E-state index in [1.807, 2.05) is 59.3 Å². The molecule has 1 aliphatic carbocycles. The third kappa shape index (κ3) is 5.40. The molecule has 1 atom stereocenters. The van der Waals surface area contributed by atoms with Crippen molar-refractivity contribution in [1.29, 1.82) is 0 Å². The van der Waals surface area contributed by atoms with Gasteiger partial charge in [-0.25, -0.2) is 0 Å². The Kier molecular flexibility index (Phi) is 7.60. The standard InChI is InChI=1S/C25H28N2O3S2/c1-30-20-11-5-8-18(16-20)17-27(25(29)22-13-7-15-32-22)23(21-12-6-14-31-21)24(28)26-19-9-3-2-4-10-19/h5-8,11-16,19,23H,2-4,9-10,17H2,1H3,(H,26,28). The summed E-state index contributed by atoms with van der Waals surface area (Å²) in [4.78, 5) is 30.4. The number of nitrogens with one attached hydrogen (secondary N) is 1. The predicted octanol–water partition coefficient (Wildman–Crippen LogP) is 5.65. The van der Waals surface area contributed by atoms with Crippen molar-refractivity contribution in [2.24, 2.45) is 0 Å². The molecule has 1 N–H and O–H groups in total. The molecule has 5 nitrogen and oxygen atoms in total. The van der Waals surface area contributed by atoms with Crippen LogP contribution in [0.2, 0.25) is 0 Å². The van der Waals surface area contributed by atoms with Gasteiger partial charge in [-0.1, -0.05) is 43.5 Å². The van der Waals surface area contributed by atoms with E-state index in [1.54, 1.807) is 12.0 Å². The van der Waals surface area contributed by atoms with Crippen LogP contribution in [0.15, 0.2) is 59.3 Å². The molecule has 1 saturated carbocycles. The molecule has 0 spiro atoms. The zero-order chi connectivity index (χ0) is 22.3. The summed E-state index contributed by atoms with van der Waals surface area (Å²) in [5.41, 5.74) is 0.918. The summed E-state index contributed by atoms with van der Waals surface area (Å²) < 4.78 is 5.37. The van der Waals surface area contributed by atoms with Gasteiger partial charge in [0, 0.05) is 17.5 Å². The van der Waals surface area contributed by atoms with E-state index < -0.39 is 6.04 Å². The average molecular weight is 469 g/mol. The maximum Gasteiger partial charge on any atom is 0.265 e. The van der Waals surface area contributed by atoms with Crippen molar-refractivity contribution in [2.45, 2.75) is 50.7 Å². The third-order valence-electron chi connectivity index (χ3n) is 5.80. The summed E-state index contributed by atoms with van der Waals surface area (Å²) in [7, 11) is 1.62. The maximum absolute atomic E-state index is 13.6. The molecule has 0 aliphatic heterocycles. The quantitative estimate of drug-likeness (QED) is 0.465. The number of rotatable bonds is 8. The second kappa shape index (κ2) is 10.8. The molecule has 2 heterocycles. The first-order valence-electron chi connectivity index (χ1n) is 11.0. The Labute approximate surface area is 197 Å². The van der Waals surface area contributed by atoms with E-state index in [1.165, 1.54) is 29.1 Å². The van der Waals surface area contributed by atoms with E-state index in [4.69, 9.17) is 4.74 Å². The van der Waals surface area contributed by atoms with Gasteiger partial charge in [-0.15, -0.1) is 22.7 Å². The fourth-order valence-corrected chi connectivity index (χ4v) is 5.70. The van der Waals surface area contributed by atoms with Crippen LogP contribution in [0.4, 0.5) is 0 Å². The number of carbonyl (C=O) groups excluding carboxylic acids is 2. The number of benzene rings is 1. The van der Waals surface area contributed by atoms with Crippen molar-refractivity contribution in [3.63, 3.8) is 0 Å². The highest BCUT2D eigenvalue weighted by Gasteiger charge is 2.34. The zero-order valence-corrected chi connectivity index (χ0v) is 19.8. The topological polar surface area (TPSA) is 58.6 Å². The van der Waals surface area contributed by atoms with Crippen LogP contribution in [0, 0.1) is 0 Å². The number of hydrogen-bond donors (Lipinski definition) is 1. The van der Waals surface area contributed by atoms with E-state index >= 15 is 0 Å². The van der Waals surface area contributed by atoms with E-state index in [0.717, 1.165) is 41.9 Å². The fourth-order valence-electron chi connectivity index (χ4n) is 4.19. The van der Waals surface area contributed by atoms with E-state index in [-0.39, 0.29) is 17.9 Å². The lowest BCUT2D eigenvalue weighted by Gasteiger charge is -2.32. The van der Waals surface area contributed by atoms with E-state index in [0.29, 0.717) is 11.4 Å². The number of methoxy groups -OCH3 is 1. The second-order valence-corrected chi connectivity index (χ2v) is 9.95. The molecule has 3 aromatic rings. The SMILES string of the molecule is COc1cccc(CN(C(=O)c2cccs2)C(C(=O)NC2CCCCC2)c2cccs2)c1. The second-order valence-electron chi connectivity index (χ2n) is 8.02. The molecule has 1 aliphatic rings. The van der Waals surface area contributed by atoms with Crippen LogP contribution in [0.1, 0.15) is 58.3 Å². The highest BCUT2D eigenvalue weighted by molar-refractivity contribution is 7.12. The van der Waals surface area contributed by atoms with Crippen molar-refractivity contribution in [3.8, 4) is 5.75 Å². The Morgan fingerprint density at radius 2 is 1.84 bits per heavy atom. The molecular weight excluding hydrogens is 440 g/mol. The number of ether oxygens (including phenoxy) is 1. The van der Waals surface area contributed by atoms with Gasteiger partial charge in [0.15, 0.2) is 0 Å². The maximum atomic E-state index is 13.6. The molecule has 7 heteroatoms. The third-order valence-corrected chi connectivity index (χ3v) is 7.59. The fraction of sp³-hybridized carbons (Fsp3) is 0.360. The number of nitrogens with zero attached hydrogens (tertiary/aromatic N) is 1. The minimum absolute atomic E-state index is 0.104. The van der Waals surface area contributed by atoms with Gasteiger partial charge in [0.2, 0.25) is 5.91 Å². The largest absolute Gasteiger partial charge is 0.497 e.